The maximum atomic E-state index is 11.8. The lowest BCUT2D eigenvalue weighted by Crippen LogP contribution is -2.28. The number of rotatable bonds is 9. The number of amides is 1. The average Bonchev–Trinajstić information content (AvgIpc) is 2.38. The Labute approximate surface area is 109 Å². The SMILES string of the molecule is C=CCOC(=O)N/C(=C\C)C(=O)CCCCCC. The lowest BCUT2D eigenvalue weighted by Gasteiger charge is -2.08. The molecule has 0 heterocycles. The first kappa shape index (κ1) is 16.4. The van der Waals surface area contributed by atoms with Crippen molar-refractivity contribution in [1.82, 2.24) is 5.32 Å². The fourth-order valence-electron chi connectivity index (χ4n) is 1.43. The van der Waals surface area contributed by atoms with E-state index in [1.54, 1.807) is 13.0 Å². The van der Waals surface area contributed by atoms with Crippen molar-refractivity contribution in [2.45, 2.75) is 46.0 Å². The highest BCUT2D eigenvalue weighted by atomic mass is 16.5. The Balaban J connectivity index is 4.04. The highest BCUT2D eigenvalue weighted by Gasteiger charge is 2.11. The van der Waals surface area contributed by atoms with Gasteiger partial charge in [-0.25, -0.2) is 4.79 Å². The number of nitrogens with one attached hydrogen (secondary N) is 1. The topological polar surface area (TPSA) is 55.4 Å². The molecule has 0 aromatic rings. The number of carbonyl (C=O) groups is 2. The number of unbranched alkanes of at least 4 members (excludes halogenated alkanes) is 3. The molecular formula is C14H23NO3. The first-order chi connectivity index (χ1) is 8.65. The van der Waals surface area contributed by atoms with E-state index in [-0.39, 0.29) is 12.4 Å². The standard InChI is InChI=1S/C14H23NO3/c1-4-7-8-9-10-13(16)12(6-3)15-14(17)18-11-5-2/h5-6H,2,4,7-11H2,1,3H3,(H,15,17)/b12-6-. The van der Waals surface area contributed by atoms with Gasteiger partial charge < -0.3 is 4.74 Å². The van der Waals surface area contributed by atoms with Gasteiger partial charge in [0.05, 0.1) is 5.70 Å². The second-order valence-electron chi connectivity index (χ2n) is 3.95. The molecule has 0 rings (SSSR count). The maximum absolute atomic E-state index is 11.8. The molecule has 18 heavy (non-hydrogen) atoms. The van der Waals surface area contributed by atoms with Gasteiger partial charge in [0.2, 0.25) is 0 Å². The number of allylic oxidation sites excluding steroid dienone is 2. The van der Waals surface area contributed by atoms with Crippen LogP contribution < -0.4 is 5.32 Å². The van der Waals surface area contributed by atoms with Gasteiger partial charge >= 0.3 is 6.09 Å². The molecule has 1 N–H and O–H groups in total. The zero-order valence-electron chi connectivity index (χ0n) is 11.3. The van der Waals surface area contributed by atoms with Crippen LogP contribution in [0.1, 0.15) is 46.0 Å². The molecule has 0 aromatic carbocycles. The van der Waals surface area contributed by atoms with E-state index >= 15 is 0 Å². The normalized spacial score (nSPS) is 10.9. The van der Waals surface area contributed by atoms with Crippen LogP contribution in [-0.2, 0) is 9.53 Å². The third kappa shape index (κ3) is 7.65. The number of Topliss-reactive ketones (excluding diaryl/α,β-unsaturated/α-hetero) is 1. The second kappa shape index (κ2) is 10.6. The predicted octanol–water partition coefficient (Wildman–Crippen LogP) is 3.34. The molecule has 102 valence electrons. The third-order valence-electron chi connectivity index (χ3n) is 2.42. The minimum absolute atomic E-state index is 0.0517. The van der Waals surface area contributed by atoms with Gasteiger partial charge in [-0.05, 0) is 13.3 Å². The van der Waals surface area contributed by atoms with E-state index in [1.807, 2.05) is 0 Å². The highest BCUT2D eigenvalue weighted by molar-refractivity contribution is 5.97. The fraction of sp³-hybridized carbons (Fsp3) is 0.571. The van der Waals surface area contributed by atoms with Crippen molar-refractivity contribution in [2.75, 3.05) is 6.61 Å². The van der Waals surface area contributed by atoms with Crippen LogP contribution in [-0.4, -0.2) is 18.5 Å². The number of alkyl carbamates (subject to hydrolysis) is 1. The Kier molecular flexibility index (Phi) is 9.64. The molecule has 0 atom stereocenters. The van der Waals surface area contributed by atoms with Crippen LogP contribution in [0.2, 0.25) is 0 Å². The van der Waals surface area contributed by atoms with E-state index in [0.29, 0.717) is 12.1 Å². The Morgan fingerprint density at radius 2 is 2.00 bits per heavy atom. The Morgan fingerprint density at radius 3 is 2.56 bits per heavy atom. The summed E-state index contributed by atoms with van der Waals surface area (Å²) in [7, 11) is 0. The van der Waals surface area contributed by atoms with E-state index in [1.165, 1.54) is 6.08 Å². The van der Waals surface area contributed by atoms with Crippen LogP contribution in [0.3, 0.4) is 0 Å². The summed E-state index contributed by atoms with van der Waals surface area (Å²) in [6.45, 7) is 7.41. The number of carbonyl (C=O) groups excluding carboxylic acids is 2. The molecule has 0 saturated carbocycles. The summed E-state index contributed by atoms with van der Waals surface area (Å²) in [6, 6.07) is 0. The van der Waals surface area contributed by atoms with Gasteiger partial charge in [0.1, 0.15) is 6.61 Å². The highest BCUT2D eigenvalue weighted by Crippen LogP contribution is 2.06. The number of ketones is 1. The van der Waals surface area contributed by atoms with Crippen LogP contribution in [0, 0.1) is 0 Å². The van der Waals surface area contributed by atoms with Crippen LogP contribution in [0.4, 0.5) is 4.79 Å². The first-order valence-electron chi connectivity index (χ1n) is 6.39. The van der Waals surface area contributed by atoms with Gasteiger partial charge in [-0.2, -0.15) is 0 Å². The fourth-order valence-corrected chi connectivity index (χ4v) is 1.43. The summed E-state index contributed by atoms with van der Waals surface area (Å²) < 4.78 is 4.76. The summed E-state index contributed by atoms with van der Waals surface area (Å²) in [5.41, 5.74) is 0.306. The van der Waals surface area contributed by atoms with E-state index < -0.39 is 6.09 Å². The monoisotopic (exact) mass is 253 g/mol. The van der Waals surface area contributed by atoms with Gasteiger partial charge in [0.15, 0.2) is 5.78 Å². The molecular weight excluding hydrogens is 230 g/mol. The Morgan fingerprint density at radius 1 is 1.28 bits per heavy atom. The molecule has 0 fully saturated rings. The molecule has 0 aromatic heterocycles. The van der Waals surface area contributed by atoms with E-state index in [2.05, 4.69) is 18.8 Å². The van der Waals surface area contributed by atoms with Crippen LogP contribution in [0.5, 0.6) is 0 Å². The van der Waals surface area contributed by atoms with Gasteiger partial charge in [0.25, 0.3) is 0 Å². The molecule has 0 unspecified atom stereocenters. The summed E-state index contributed by atoms with van der Waals surface area (Å²) >= 11 is 0. The zero-order valence-corrected chi connectivity index (χ0v) is 11.3. The third-order valence-corrected chi connectivity index (χ3v) is 2.42. The van der Waals surface area contributed by atoms with Crippen LogP contribution in [0.25, 0.3) is 0 Å². The van der Waals surface area contributed by atoms with Crippen LogP contribution in [0.15, 0.2) is 24.4 Å². The molecule has 4 nitrogen and oxygen atoms in total. The van der Waals surface area contributed by atoms with E-state index in [9.17, 15) is 9.59 Å². The van der Waals surface area contributed by atoms with Crippen molar-refractivity contribution in [2.24, 2.45) is 0 Å². The quantitative estimate of drug-likeness (QED) is 0.389. The summed E-state index contributed by atoms with van der Waals surface area (Å²) in [5.74, 6) is -0.0517. The van der Waals surface area contributed by atoms with E-state index in [4.69, 9.17) is 4.74 Å². The molecule has 0 spiro atoms. The molecule has 1 amide bonds. The lowest BCUT2D eigenvalue weighted by atomic mass is 10.1. The van der Waals surface area contributed by atoms with Gasteiger partial charge in [-0.15, -0.1) is 0 Å². The Hall–Kier alpha value is -1.58. The summed E-state index contributed by atoms with van der Waals surface area (Å²) in [4.78, 5) is 23.1. The van der Waals surface area contributed by atoms with Gasteiger partial charge in [-0.3, -0.25) is 10.1 Å². The number of ether oxygens (including phenoxy) is 1. The minimum Gasteiger partial charge on any atom is -0.445 e. The van der Waals surface area contributed by atoms with E-state index in [0.717, 1.165) is 25.7 Å². The van der Waals surface area contributed by atoms with Gasteiger partial charge in [-0.1, -0.05) is 44.9 Å². The number of hydrogen-bond donors (Lipinski definition) is 1. The molecule has 0 aliphatic rings. The molecule has 0 radical (unpaired) electrons. The second-order valence-corrected chi connectivity index (χ2v) is 3.95. The van der Waals surface area contributed by atoms with Crippen molar-refractivity contribution < 1.29 is 14.3 Å². The van der Waals surface area contributed by atoms with Crippen molar-refractivity contribution in [3.63, 3.8) is 0 Å². The predicted molar refractivity (Wildman–Crippen MR) is 72.2 cm³/mol. The summed E-state index contributed by atoms with van der Waals surface area (Å²) in [6.07, 6.45) is 7.07. The first-order valence-corrected chi connectivity index (χ1v) is 6.39. The zero-order chi connectivity index (χ0) is 13.8. The number of hydrogen-bond acceptors (Lipinski definition) is 3. The molecule has 0 saturated heterocycles. The smallest absolute Gasteiger partial charge is 0.412 e. The van der Waals surface area contributed by atoms with Crippen molar-refractivity contribution in [3.05, 3.63) is 24.4 Å². The van der Waals surface area contributed by atoms with Crippen LogP contribution >= 0.6 is 0 Å². The lowest BCUT2D eigenvalue weighted by molar-refractivity contribution is -0.116. The Bertz CT molecular complexity index is 308. The molecule has 0 bridgehead atoms. The van der Waals surface area contributed by atoms with Gasteiger partial charge in [0, 0.05) is 6.42 Å². The summed E-state index contributed by atoms with van der Waals surface area (Å²) in [5, 5.41) is 2.44. The minimum atomic E-state index is -0.620. The van der Waals surface area contributed by atoms with Crippen molar-refractivity contribution in [3.8, 4) is 0 Å². The maximum Gasteiger partial charge on any atom is 0.412 e. The molecule has 0 aliphatic carbocycles. The van der Waals surface area contributed by atoms with Crippen molar-refractivity contribution >= 4 is 11.9 Å². The largest absolute Gasteiger partial charge is 0.445 e. The molecule has 0 aliphatic heterocycles. The average molecular weight is 253 g/mol. The molecule has 4 heteroatoms. The van der Waals surface area contributed by atoms with Crippen molar-refractivity contribution in [1.29, 1.82) is 0 Å².